The lowest BCUT2D eigenvalue weighted by atomic mass is 9.86. The molecule has 1 aromatic carbocycles. The summed E-state index contributed by atoms with van der Waals surface area (Å²) in [5, 5.41) is 0. The molecule has 0 bridgehead atoms. The molecular weight excluding hydrogens is 202 g/mol. The predicted octanol–water partition coefficient (Wildman–Crippen LogP) is 2.85. The Morgan fingerprint density at radius 2 is 2.12 bits per heavy atom. The molecule has 0 aromatic heterocycles. The van der Waals surface area contributed by atoms with Crippen LogP contribution in [0.25, 0.3) is 0 Å². The number of nitrogens with two attached hydrogens (primary N) is 1. The first-order valence-electron chi connectivity index (χ1n) is 5.94. The van der Waals surface area contributed by atoms with Crippen molar-refractivity contribution >= 4 is 5.69 Å². The van der Waals surface area contributed by atoms with E-state index < -0.39 is 0 Å². The van der Waals surface area contributed by atoms with E-state index >= 15 is 0 Å². The van der Waals surface area contributed by atoms with Gasteiger partial charge in [-0.3, -0.25) is 0 Å². The van der Waals surface area contributed by atoms with Gasteiger partial charge >= 0.3 is 0 Å². The molecule has 1 aromatic rings. The van der Waals surface area contributed by atoms with E-state index in [2.05, 4.69) is 0 Å². The third-order valence-electron chi connectivity index (χ3n) is 3.00. The van der Waals surface area contributed by atoms with E-state index in [4.69, 9.17) is 15.2 Å². The fourth-order valence-corrected chi connectivity index (χ4v) is 1.76. The van der Waals surface area contributed by atoms with Crippen molar-refractivity contribution in [3.63, 3.8) is 0 Å². The van der Waals surface area contributed by atoms with Gasteiger partial charge in [0.25, 0.3) is 0 Å². The summed E-state index contributed by atoms with van der Waals surface area (Å²) in [7, 11) is 0. The summed E-state index contributed by atoms with van der Waals surface area (Å²) in [6.07, 6.45) is 3.94. The molecule has 2 N–H and O–H groups in total. The second-order valence-corrected chi connectivity index (χ2v) is 4.24. The van der Waals surface area contributed by atoms with Crippen molar-refractivity contribution < 1.29 is 9.47 Å². The lowest BCUT2D eigenvalue weighted by molar-refractivity contribution is 0.180. The molecule has 16 heavy (non-hydrogen) atoms. The number of anilines is 1. The molecule has 0 saturated heterocycles. The Labute approximate surface area is 96.5 Å². The predicted molar refractivity (Wildman–Crippen MR) is 64.9 cm³/mol. The molecule has 0 radical (unpaired) electrons. The molecule has 0 amide bonds. The monoisotopic (exact) mass is 221 g/mol. The first-order chi connectivity index (χ1) is 7.79. The Balaban J connectivity index is 1.94. The standard InChI is InChI=1S/C13H19NO2/c1-2-15-13-8-11(6-7-12(13)14)16-9-10-4-3-5-10/h6-8,10H,2-5,9,14H2,1H3. The Bertz CT molecular complexity index is 348. The molecule has 1 aliphatic carbocycles. The largest absolute Gasteiger partial charge is 0.493 e. The van der Waals surface area contributed by atoms with E-state index in [1.807, 2.05) is 25.1 Å². The van der Waals surface area contributed by atoms with Crippen molar-refractivity contribution in [1.29, 1.82) is 0 Å². The number of ether oxygens (including phenoxy) is 2. The fraction of sp³-hybridized carbons (Fsp3) is 0.538. The van der Waals surface area contributed by atoms with Crippen molar-refractivity contribution in [2.24, 2.45) is 5.92 Å². The minimum atomic E-state index is 0.621. The second kappa shape index (κ2) is 5.10. The van der Waals surface area contributed by atoms with Gasteiger partial charge in [-0.1, -0.05) is 6.42 Å². The summed E-state index contributed by atoms with van der Waals surface area (Å²) < 4.78 is 11.1. The fourth-order valence-electron chi connectivity index (χ4n) is 1.76. The Kier molecular flexibility index (Phi) is 3.54. The molecule has 0 aliphatic heterocycles. The molecule has 3 heteroatoms. The number of hydrogen-bond donors (Lipinski definition) is 1. The zero-order valence-electron chi connectivity index (χ0n) is 9.74. The van der Waals surface area contributed by atoms with Crippen molar-refractivity contribution in [2.75, 3.05) is 18.9 Å². The van der Waals surface area contributed by atoms with Crippen LogP contribution < -0.4 is 15.2 Å². The van der Waals surface area contributed by atoms with Crippen molar-refractivity contribution in [2.45, 2.75) is 26.2 Å². The third kappa shape index (κ3) is 2.60. The molecular formula is C13H19NO2. The van der Waals surface area contributed by atoms with Crippen LogP contribution in [0.3, 0.4) is 0 Å². The van der Waals surface area contributed by atoms with E-state index in [1.54, 1.807) is 0 Å². The van der Waals surface area contributed by atoms with Gasteiger partial charge in [0.05, 0.1) is 18.9 Å². The zero-order valence-corrected chi connectivity index (χ0v) is 9.74. The van der Waals surface area contributed by atoms with Crippen LogP contribution in [0.4, 0.5) is 5.69 Å². The molecule has 88 valence electrons. The van der Waals surface area contributed by atoms with Gasteiger partial charge in [0.15, 0.2) is 0 Å². The van der Waals surface area contributed by atoms with E-state index in [9.17, 15) is 0 Å². The van der Waals surface area contributed by atoms with Gasteiger partial charge < -0.3 is 15.2 Å². The third-order valence-corrected chi connectivity index (χ3v) is 3.00. The van der Waals surface area contributed by atoms with Crippen LogP contribution in [0.5, 0.6) is 11.5 Å². The molecule has 3 nitrogen and oxygen atoms in total. The van der Waals surface area contributed by atoms with E-state index in [0.717, 1.165) is 18.3 Å². The summed E-state index contributed by atoms with van der Waals surface area (Å²) in [4.78, 5) is 0. The highest BCUT2D eigenvalue weighted by Crippen LogP contribution is 2.30. The normalized spacial score (nSPS) is 15.6. The average molecular weight is 221 g/mol. The molecule has 2 rings (SSSR count). The first-order valence-corrected chi connectivity index (χ1v) is 5.94. The minimum absolute atomic E-state index is 0.621. The van der Waals surface area contributed by atoms with Crippen LogP contribution >= 0.6 is 0 Å². The van der Waals surface area contributed by atoms with E-state index in [1.165, 1.54) is 19.3 Å². The van der Waals surface area contributed by atoms with Crippen molar-refractivity contribution in [3.8, 4) is 11.5 Å². The van der Waals surface area contributed by atoms with Crippen LogP contribution in [-0.2, 0) is 0 Å². The summed E-state index contributed by atoms with van der Waals surface area (Å²) in [6.45, 7) is 3.38. The smallest absolute Gasteiger partial charge is 0.145 e. The Hall–Kier alpha value is -1.38. The molecule has 0 atom stereocenters. The number of nitrogen functional groups attached to an aromatic ring is 1. The number of benzene rings is 1. The minimum Gasteiger partial charge on any atom is -0.493 e. The molecule has 1 saturated carbocycles. The highest BCUT2D eigenvalue weighted by Gasteiger charge is 2.18. The van der Waals surface area contributed by atoms with E-state index in [-0.39, 0.29) is 0 Å². The van der Waals surface area contributed by atoms with Gasteiger partial charge in [0, 0.05) is 6.07 Å². The topological polar surface area (TPSA) is 44.5 Å². The summed E-state index contributed by atoms with van der Waals surface area (Å²) in [5.74, 6) is 2.31. The Morgan fingerprint density at radius 1 is 1.31 bits per heavy atom. The molecule has 1 aliphatic rings. The van der Waals surface area contributed by atoms with Crippen LogP contribution in [0, 0.1) is 5.92 Å². The second-order valence-electron chi connectivity index (χ2n) is 4.24. The maximum absolute atomic E-state index is 5.79. The van der Waals surface area contributed by atoms with Gasteiger partial charge in [0.2, 0.25) is 0 Å². The zero-order chi connectivity index (χ0) is 11.4. The van der Waals surface area contributed by atoms with Gasteiger partial charge in [-0.05, 0) is 37.8 Å². The van der Waals surface area contributed by atoms with Crippen LogP contribution in [0.15, 0.2) is 18.2 Å². The van der Waals surface area contributed by atoms with Gasteiger partial charge in [-0.2, -0.15) is 0 Å². The number of rotatable bonds is 5. The molecule has 0 heterocycles. The highest BCUT2D eigenvalue weighted by molar-refractivity contribution is 5.55. The number of hydrogen-bond acceptors (Lipinski definition) is 3. The average Bonchev–Trinajstić information content (AvgIpc) is 2.21. The van der Waals surface area contributed by atoms with Crippen LogP contribution in [0.2, 0.25) is 0 Å². The first kappa shape index (κ1) is 11.1. The van der Waals surface area contributed by atoms with E-state index in [0.29, 0.717) is 18.0 Å². The molecule has 0 unspecified atom stereocenters. The Morgan fingerprint density at radius 3 is 2.75 bits per heavy atom. The van der Waals surface area contributed by atoms with Gasteiger partial charge in [-0.15, -0.1) is 0 Å². The maximum Gasteiger partial charge on any atom is 0.145 e. The van der Waals surface area contributed by atoms with Crippen LogP contribution in [-0.4, -0.2) is 13.2 Å². The molecule has 0 spiro atoms. The lowest BCUT2D eigenvalue weighted by Crippen LogP contribution is -2.19. The highest BCUT2D eigenvalue weighted by atomic mass is 16.5. The van der Waals surface area contributed by atoms with Crippen LogP contribution in [0.1, 0.15) is 26.2 Å². The summed E-state index contributed by atoms with van der Waals surface area (Å²) >= 11 is 0. The molecule has 1 fully saturated rings. The SMILES string of the molecule is CCOc1cc(OCC2CCC2)ccc1N. The van der Waals surface area contributed by atoms with Crippen molar-refractivity contribution in [1.82, 2.24) is 0 Å². The summed E-state index contributed by atoms with van der Waals surface area (Å²) in [6, 6.07) is 5.61. The van der Waals surface area contributed by atoms with Gasteiger partial charge in [0.1, 0.15) is 11.5 Å². The van der Waals surface area contributed by atoms with Crippen molar-refractivity contribution in [3.05, 3.63) is 18.2 Å². The lowest BCUT2D eigenvalue weighted by Gasteiger charge is -2.25. The summed E-state index contributed by atoms with van der Waals surface area (Å²) in [5.41, 5.74) is 6.45. The van der Waals surface area contributed by atoms with Gasteiger partial charge in [-0.25, -0.2) is 0 Å². The maximum atomic E-state index is 5.79. The quantitative estimate of drug-likeness (QED) is 0.777.